The molecule has 1 fully saturated rings. The molecule has 2 atom stereocenters. The molecule has 1 heterocycles. The number of amides is 2. The van der Waals surface area contributed by atoms with E-state index in [2.05, 4.69) is 18.3 Å². The molecule has 1 saturated carbocycles. The first-order valence-corrected chi connectivity index (χ1v) is 9.89. The summed E-state index contributed by atoms with van der Waals surface area (Å²) in [5.74, 6) is -0.0817. The van der Waals surface area contributed by atoms with Crippen LogP contribution in [0.25, 0.3) is 0 Å². The second-order valence-electron chi connectivity index (χ2n) is 7.36. The first kappa shape index (κ1) is 18.0. The highest BCUT2D eigenvalue weighted by molar-refractivity contribution is 5.99. The number of hydrogen-bond donors (Lipinski definition) is 1. The predicted molar refractivity (Wildman–Crippen MR) is 100 cm³/mol. The Morgan fingerprint density at radius 3 is 2.68 bits per heavy atom. The normalized spacial score (nSPS) is 22.5. The summed E-state index contributed by atoms with van der Waals surface area (Å²) >= 11 is 0. The fourth-order valence-electron chi connectivity index (χ4n) is 4.23. The van der Waals surface area contributed by atoms with E-state index in [9.17, 15) is 9.59 Å². The van der Waals surface area contributed by atoms with Crippen molar-refractivity contribution in [3.63, 3.8) is 0 Å². The third-order valence-electron chi connectivity index (χ3n) is 5.65. The average Bonchev–Trinajstić information content (AvgIpc) is 3.08. The number of para-hydroxylation sites is 1. The van der Waals surface area contributed by atoms with Crippen molar-refractivity contribution in [3.8, 4) is 0 Å². The number of fused-ring (bicyclic) bond motifs is 1. The zero-order valence-corrected chi connectivity index (χ0v) is 15.3. The lowest BCUT2D eigenvalue weighted by molar-refractivity contribution is -0.135. The molecule has 136 valence electrons. The number of benzene rings is 1. The van der Waals surface area contributed by atoms with E-state index in [0.717, 1.165) is 70.1 Å². The second kappa shape index (κ2) is 8.50. The molecule has 0 radical (unpaired) electrons. The Morgan fingerprint density at radius 1 is 1.12 bits per heavy atom. The maximum absolute atomic E-state index is 13.2. The van der Waals surface area contributed by atoms with E-state index in [-0.39, 0.29) is 23.7 Å². The summed E-state index contributed by atoms with van der Waals surface area (Å²) in [4.78, 5) is 27.8. The van der Waals surface area contributed by atoms with Crippen LogP contribution in [0.4, 0.5) is 5.69 Å². The third kappa shape index (κ3) is 4.05. The lowest BCUT2D eigenvalue weighted by Gasteiger charge is -2.32. The van der Waals surface area contributed by atoms with Crippen LogP contribution in [0.15, 0.2) is 24.3 Å². The molecule has 4 heteroatoms. The van der Waals surface area contributed by atoms with Gasteiger partial charge < -0.3 is 10.2 Å². The molecule has 0 saturated heterocycles. The SMILES string of the molecule is CCCCCNC(=O)C1CCCCC1C(=O)N1CCc2ccccc21. The maximum Gasteiger partial charge on any atom is 0.230 e. The lowest BCUT2D eigenvalue weighted by atomic mass is 9.77. The molecule has 0 bridgehead atoms. The van der Waals surface area contributed by atoms with Crippen molar-refractivity contribution in [2.24, 2.45) is 11.8 Å². The van der Waals surface area contributed by atoms with Crippen LogP contribution < -0.4 is 10.2 Å². The number of rotatable bonds is 6. The number of anilines is 1. The van der Waals surface area contributed by atoms with Crippen LogP contribution in [0.5, 0.6) is 0 Å². The van der Waals surface area contributed by atoms with Gasteiger partial charge in [-0.3, -0.25) is 9.59 Å². The largest absolute Gasteiger partial charge is 0.356 e. The van der Waals surface area contributed by atoms with Crippen molar-refractivity contribution in [2.45, 2.75) is 58.3 Å². The van der Waals surface area contributed by atoms with E-state index >= 15 is 0 Å². The van der Waals surface area contributed by atoms with Crippen LogP contribution >= 0.6 is 0 Å². The van der Waals surface area contributed by atoms with E-state index < -0.39 is 0 Å². The molecule has 2 aliphatic rings. The number of unbranched alkanes of at least 4 members (excludes halogenated alkanes) is 2. The Balaban J connectivity index is 1.66. The zero-order valence-electron chi connectivity index (χ0n) is 15.3. The third-order valence-corrected chi connectivity index (χ3v) is 5.65. The van der Waals surface area contributed by atoms with Crippen molar-refractivity contribution in [3.05, 3.63) is 29.8 Å². The molecule has 1 aromatic rings. The Labute approximate surface area is 151 Å². The molecule has 2 unspecified atom stereocenters. The summed E-state index contributed by atoms with van der Waals surface area (Å²) in [6, 6.07) is 8.15. The summed E-state index contributed by atoms with van der Waals surface area (Å²) in [5.41, 5.74) is 2.28. The predicted octanol–water partition coefficient (Wildman–Crippen LogP) is 3.69. The van der Waals surface area contributed by atoms with Gasteiger partial charge >= 0.3 is 0 Å². The van der Waals surface area contributed by atoms with Crippen LogP contribution in [0, 0.1) is 11.8 Å². The topological polar surface area (TPSA) is 49.4 Å². The lowest BCUT2D eigenvalue weighted by Crippen LogP contribution is -2.45. The summed E-state index contributed by atoms with van der Waals surface area (Å²) in [7, 11) is 0. The van der Waals surface area contributed by atoms with E-state index in [1.165, 1.54) is 5.56 Å². The quantitative estimate of drug-likeness (QED) is 0.802. The van der Waals surface area contributed by atoms with Gasteiger partial charge in [-0.1, -0.05) is 50.8 Å². The van der Waals surface area contributed by atoms with E-state index in [1.54, 1.807) is 0 Å². The van der Waals surface area contributed by atoms with Gasteiger partial charge in [0.2, 0.25) is 11.8 Å². The van der Waals surface area contributed by atoms with E-state index in [0.29, 0.717) is 0 Å². The standard InChI is InChI=1S/C21H30N2O2/c1-2-3-8-14-22-20(24)17-10-5-6-11-18(17)21(25)23-15-13-16-9-4-7-12-19(16)23/h4,7,9,12,17-18H,2-3,5-6,8,10-11,13-15H2,1H3,(H,22,24). The zero-order chi connectivity index (χ0) is 17.6. The molecular weight excluding hydrogens is 312 g/mol. The Kier molecular flexibility index (Phi) is 6.11. The Bertz CT molecular complexity index is 614. The van der Waals surface area contributed by atoms with Crippen molar-refractivity contribution >= 4 is 17.5 Å². The van der Waals surface area contributed by atoms with Crippen molar-refractivity contribution in [1.82, 2.24) is 5.32 Å². The number of nitrogens with one attached hydrogen (secondary N) is 1. The highest BCUT2D eigenvalue weighted by Gasteiger charge is 2.39. The molecule has 3 rings (SSSR count). The minimum absolute atomic E-state index is 0.0848. The molecule has 25 heavy (non-hydrogen) atoms. The van der Waals surface area contributed by atoms with E-state index in [1.807, 2.05) is 23.1 Å². The molecule has 1 aliphatic carbocycles. The van der Waals surface area contributed by atoms with Gasteiger partial charge in [0.1, 0.15) is 0 Å². The highest BCUT2D eigenvalue weighted by Crippen LogP contribution is 2.35. The summed E-state index contributed by atoms with van der Waals surface area (Å²) < 4.78 is 0. The first-order valence-electron chi connectivity index (χ1n) is 9.89. The van der Waals surface area contributed by atoms with Gasteiger partial charge in [0.05, 0.1) is 5.92 Å². The number of hydrogen-bond acceptors (Lipinski definition) is 2. The first-order chi connectivity index (χ1) is 12.2. The van der Waals surface area contributed by atoms with Crippen LogP contribution in [0.3, 0.4) is 0 Å². The molecule has 2 amide bonds. The van der Waals surface area contributed by atoms with E-state index in [4.69, 9.17) is 0 Å². The van der Waals surface area contributed by atoms with Crippen LogP contribution in [0.1, 0.15) is 57.4 Å². The monoisotopic (exact) mass is 342 g/mol. The molecule has 1 N–H and O–H groups in total. The van der Waals surface area contributed by atoms with Gasteiger partial charge in [-0.25, -0.2) is 0 Å². The van der Waals surface area contributed by atoms with Crippen LogP contribution in [-0.2, 0) is 16.0 Å². The summed E-state index contributed by atoms with van der Waals surface area (Å²) in [6.07, 6.45) is 8.00. The molecule has 1 aliphatic heterocycles. The summed E-state index contributed by atoms with van der Waals surface area (Å²) in [6.45, 7) is 3.64. The number of carbonyl (C=O) groups is 2. The molecule has 1 aromatic carbocycles. The molecule has 0 aromatic heterocycles. The Morgan fingerprint density at radius 2 is 1.88 bits per heavy atom. The minimum atomic E-state index is -0.161. The fourth-order valence-corrected chi connectivity index (χ4v) is 4.23. The van der Waals surface area contributed by atoms with Gasteiger partial charge in [-0.15, -0.1) is 0 Å². The number of carbonyl (C=O) groups excluding carboxylic acids is 2. The molecule has 0 spiro atoms. The molecule has 4 nitrogen and oxygen atoms in total. The Hall–Kier alpha value is -1.84. The minimum Gasteiger partial charge on any atom is -0.356 e. The fraction of sp³-hybridized carbons (Fsp3) is 0.619. The van der Waals surface area contributed by atoms with Gasteiger partial charge in [-0.05, 0) is 37.3 Å². The average molecular weight is 342 g/mol. The molecular formula is C21H30N2O2. The van der Waals surface area contributed by atoms with Crippen molar-refractivity contribution in [2.75, 3.05) is 18.0 Å². The highest BCUT2D eigenvalue weighted by atomic mass is 16.2. The second-order valence-corrected chi connectivity index (χ2v) is 7.36. The van der Waals surface area contributed by atoms with Gasteiger partial charge in [0.25, 0.3) is 0 Å². The van der Waals surface area contributed by atoms with Crippen LogP contribution in [0.2, 0.25) is 0 Å². The number of nitrogens with zero attached hydrogens (tertiary/aromatic N) is 1. The smallest absolute Gasteiger partial charge is 0.230 e. The summed E-state index contributed by atoms with van der Waals surface area (Å²) in [5, 5.41) is 3.07. The van der Waals surface area contributed by atoms with Gasteiger partial charge in [0, 0.05) is 24.7 Å². The maximum atomic E-state index is 13.2. The van der Waals surface area contributed by atoms with Crippen molar-refractivity contribution in [1.29, 1.82) is 0 Å². The van der Waals surface area contributed by atoms with Crippen LogP contribution in [-0.4, -0.2) is 24.9 Å². The van der Waals surface area contributed by atoms with Gasteiger partial charge in [0.15, 0.2) is 0 Å². The van der Waals surface area contributed by atoms with Crippen molar-refractivity contribution < 1.29 is 9.59 Å². The van der Waals surface area contributed by atoms with Gasteiger partial charge in [-0.2, -0.15) is 0 Å².